The molecule has 0 radical (unpaired) electrons. The Kier molecular flexibility index (Phi) is 11.3. The molecule has 11 atom stereocenters. The highest BCUT2D eigenvalue weighted by molar-refractivity contribution is 5.78. The minimum absolute atomic E-state index is 0.403. The molecule has 2 rings (SSSR count). The number of aliphatic hydroxyl groups excluding tert-OH is 6. The van der Waals surface area contributed by atoms with E-state index in [0.29, 0.717) is 0 Å². The molecule has 2 aliphatic rings. The maximum absolute atomic E-state index is 12.4. The topological polar surface area (TPSA) is 282 Å². The van der Waals surface area contributed by atoms with Gasteiger partial charge in [-0.15, -0.1) is 0 Å². The Morgan fingerprint density at radius 1 is 0.900 bits per heavy atom. The fourth-order valence-electron chi connectivity index (χ4n) is 4.92. The predicted octanol–water partition coefficient (Wildman–Crippen LogP) is -4.60. The zero-order valence-electron chi connectivity index (χ0n) is 22.2. The Morgan fingerprint density at radius 2 is 1.45 bits per heavy atom. The zero-order chi connectivity index (χ0) is 30.6. The van der Waals surface area contributed by atoms with Gasteiger partial charge in [0, 0.05) is 33.1 Å². The third-order valence-electron chi connectivity index (χ3n) is 6.89. The van der Waals surface area contributed by atoms with E-state index in [0.717, 1.165) is 13.8 Å². The van der Waals surface area contributed by atoms with Crippen LogP contribution in [-0.4, -0.2) is 144 Å². The lowest BCUT2D eigenvalue weighted by atomic mass is 9.85. The van der Waals surface area contributed by atoms with E-state index in [1.54, 1.807) is 0 Å². The normalized spacial score (nSPS) is 36.6. The number of carboxylic acid groups (broad SMARTS) is 2. The first kappa shape index (κ1) is 33.7. The Balaban J connectivity index is 2.42. The van der Waals surface area contributed by atoms with Crippen LogP contribution in [0.5, 0.6) is 0 Å². The molecule has 10 N–H and O–H groups in total. The maximum atomic E-state index is 12.4. The van der Waals surface area contributed by atoms with E-state index in [1.807, 2.05) is 0 Å². The van der Waals surface area contributed by atoms with Gasteiger partial charge in [-0.1, -0.05) is 0 Å². The first-order valence-corrected chi connectivity index (χ1v) is 12.5. The molecule has 0 spiro atoms. The van der Waals surface area contributed by atoms with Gasteiger partial charge in [-0.3, -0.25) is 9.59 Å². The lowest BCUT2D eigenvalue weighted by Crippen LogP contribution is -2.68. The summed E-state index contributed by atoms with van der Waals surface area (Å²) in [5.41, 5.74) is -1.91. The third kappa shape index (κ3) is 7.62. The number of hydrogen-bond acceptors (Lipinski definition) is 13. The standard InChI is InChI=1S/C23H38N2O15/c1-9(28)24-16-12(30)5-22(3,20(34)35)39-15(16)4-11(7-26)38-23(21(36)37)6-13(31)17(25-10(2)29)19(40-23)18(33)14(32)8-27/h11-19,26-27,30-33H,4-8H2,1-3H3,(H,24,28)(H,25,29)(H,34,35)(H,36,37)/t11-,12?,13?,14+,15+,16?,17?,18-,19-,22+,23+/m0/s1. The van der Waals surface area contributed by atoms with Gasteiger partial charge in [0.2, 0.25) is 11.8 Å². The van der Waals surface area contributed by atoms with Crippen molar-refractivity contribution in [2.45, 2.75) is 106 Å². The number of carbonyl (C=O) groups is 4. The highest BCUT2D eigenvalue weighted by Gasteiger charge is 2.57. The predicted molar refractivity (Wildman–Crippen MR) is 128 cm³/mol. The third-order valence-corrected chi connectivity index (χ3v) is 6.89. The van der Waals surface area contributed by atoms with Crippen molar-refractivity contribution >= 4 is 23.8 Å². The molecule has 4 unspecified atom stereocenters. The molecule has 2 saturated heterocycles. The van der Waals surface area contributed by atoms with Crippen LogP contribution in [0.15, 0.2) is 0 Å². The van der Waals surface area contributed by atoms with Crippen molar-refractivity contribution in [1.82, 2.24) is 10.6 Å². The summed E-state index contributed by atoms with van der Waals surface area (Å²) in [6.45, 7) is 1.50. The number of aliphatic hydroxyl groups is 6. The molecule has 0 bridgehead atoms. The van der Waals surface area contributed by atoms with Crippen LogP contribution in [0.4, 0.5) is 0 Å². The van der Waals surface area contributed by atoms with E-state index in [2.05, 4.69) is 10.6 Å². The van der Waals surface area contributed by atoms with Gasteiger partial charge in [0.15, 0.2) is 5.60 Å². The van der Waals surface area contributed by atoms with Crippen molar-refractivity contribution < 1.29 is 74.2 Å². The van der Waals surface area contributed by atoms with Crippen LogP contribution in [0.25, 0.3) is 0 Å². The first-order valence-electron chi connectivity index (χ1n) is 12.5. The molecule has 2 aliphatic heterocycles. The molecule has 17 heteroatoms. The van der Waals surface area contributed by atoms with Crippen LogP contribution in [0.3, 0.4) is 0 Å². The lowest BCUT2D eigenvalue weighted by molar-refractivity contribution is -0.327. The van der Waals surface area contributed by atoms with Crippen molar-refractivity contribution in [3.05, 3.63) is 0 Å². The smallest absolute Gasteiger partial charge is 0.364 e. The van der Waals surface area contributed by atoms with Crippen molar-refractivity contribution in [3.8, 4) is 0 Å². The van der Waals surface area contributed by atoms with Gasteiger partial charge < -0.3 is 65.7 Å². The van der Waals surface area contributed by atoms with Crippen LogP contribution in [0.1, 0.15) is 40.0 Å². The highest BCUT2D eigenvalue weighted by Crippen LogP contribution is 2.37. The number of nitrogens with one attached hydrogen (secondary N) is 2. The second-order valence-electron chi connectivity index (χ2n) is 10.2. The zero-order valence-corrected chi connectivity index (χ0v) is 22.2. The SMILES string of the molecule is CC(=O)NC1C(O)C[C@](C)(C(=O)O)O[C@@H]1C[C@@H](CO)O[C@]1(C(=O)O)CC(O)C(NC(C)=O)[C@@H]([C@@H](O)[C@H](O)CO)O1. The molecule has 40 heavy (non-hydrogen) atoms. The number of rotatable bonds is 12. The fraction of sp³-hybridized carbons (Fsp3) is 0.826. The van der Waals surface area contributed by atoms with Crippen LogP contribution in [-0.2, 0) is 33.4 Å². The summed E-state index contributed by atoms with van der Waals surface area (Å²) in [4.78, 5) is 47.7. The lowest BCUT2D eigenvalue weighted by Gasteiger charge is -2.48. The van der Waals surface area contributed by atoms with E-state index >= 15 is 0 Å². The molecule has 0 aromatic rings. The number of amides is 2. The van der Waals surface area contributed by atoms with E-state index in [1.165, 1.54) is 6.92 Å². The van der Waals surface area contributed by atoms with Crippen LogP contribution in [0.2, 0.25) is 0 Å². The number of ether oxygens (including phenoxy) is 3. The van der Waals surface area contributed by atoms with Gasteiger partial charge in [-0.25, -0.2) is 9.59 Å². The second-order valence-corrected chi connectivity index (χ2v) is 10.2. The molecule has 2 heterocycles. The number of carbonyl (C=O) groups excluding carboxylic acids is 2. The van der Waals surface area contributed by atoms with Crippen LogP contribution < -0.4 is 10.6 Å². The van der Waals surface area contributed by atoms with Crippen molar-refractivity contribution in [1.29, 1.82) is 0 Å². The Hall–Kier alpha value is -2.48. The van der Waals surface area contributed by atoms with Gasteiger partial charge in [0.05, 0.1) is 49.7 Å². The van der Waals surface area contributed by atoms with Crippen molar-refractivity contribution in [2.24, 2.45) is 0 Å². The molecule has 2 amide bonds. The molecule has 0 aromatic heterocycles. The van der Waals surface area contributed by atoms with Crippen LogP contribution >= 0.6 is 0 Å². The van der Waals surface area contributed by atoms with Crippen molar-refractivity contribution in [3.63, 3.8) is 0 Å². The minimum atomic E-state index is -2.80. The summed E-state index contributed by atoms with van der Waals surface area (Å²) >= 11 is 0. The van der Waals surface area contributed by atoms with E-state index in [9.17, 15) is 60.0 Å². The number of aliphatic carboxylic acids is 2. The van der Waals surface area contributed by atoms with Gasteiger partial charge in [-0.2, -0.15) is 0 Å². The van der Waals surface area contributed by atoms with E-state index < -0.39 is 122 Å². The molecular weight excluding hydrogens is 544 g/mol. The monoisotopic (exact) mass is 582 g/mol. The average molecular weight is 583 g/mol. The molecule has 0 saturated carbocycles. The second kappa shape index (κ2) is 13.5. The summed E-state index contributed by atoms with van der Waals surface area (Å²) in [5.74, 6) is -7.35. The number of carboxylic acids is 2. The fourth-order valence-corrected chi connectivity index (χ4v) is 4.92. The Bertz CT molecular complexity index is 936. The summed E-state index contributed by atoms with van der Waals surface area (Å²) in [7, 11) is 0. The largest absolute Gasteiger partial charge is 0.479 e. The summed E-state index contributed by atoms with van der Waals surface area (Å²) in [6.07, 6.45) is -13.5. The van der Waals surface area contributed by atoms with E-state index in [-0.39, 0.29) is 0 Å². The number of hydrogen-bond donors (Lipinski definition) is 10. The quantitative estimate of drug-likeness (QED) is 0.104. The molecule has 0 aliphatic carbocycles. The summed E-state index contributed by atoms with van der Waals surface area (Å²) in [6, 6.07) is -2.63. The first-order chi connectivity index (χ1) is 18.5. The molecule has 0 aromatic carbocycles. The van der Waals surface area contributed by atoms with Crippen LogP contribution in [0, 0.1) is 0 Å². The summed E-state index contributed by atoms with van der Waals surface area (Å²) < 4.78 is 16.8. The minimum Gasteiger partial charge on any atom is -0.479 e. The molecule has 230 valence electrons. The molecule has 17 nitrogen and oxygen atoms in total. The van der Waals surface area contributed by atoms with Gasteiger partial charge in [0.25, 0.3) is 5.79 Å². The van der Waals surface area contributed by atoms with Crippen molar-refractivity contribution in [2.75, 3.05) is 13.2 Å². The average Bonchev–Trinajstić information content (AvgIpc) is 2.85. The van der Waals surface area contributed by atoms with E-state index in [4.69, 9.17) is 14.2 Å². The summed E-state index contributed by atoms with van der Waals surface area (Å²) in [5, 5.41) is 85.6. The highest BCUT2D eigenvalue weighted by atomic mass is 16.7. The van der Waals surface area contributed by atoms with Gasteiger partial charge in [-0.05, 0) is 6.92 Å². The Morgan fingerprint density at radius 3 is 1.93 bits per heavy atom. The Labute approximate surface area is 228 Å². The maximum Gasteiger partial charge on any atom is 0.364 e. The molecular formula is C23H38N2O15. The van der Waals surface area contributed by atoms with Gasteiger partial charge >= 0.3 is 11.9 Å². The molecule has 2 fully saturated rings. The van der Waals surface area contributed by atoms with Gasteiger partial charge in [0.1, 0.15) is 18.3 Å².